The van der Waals surface area contributed by atoms with E-state index in [1.807, 2.05) is 0 Å². The zero-order chi connectivity index (χ0) is 18.4. The van der Waals surface area contributed by atoms with Crippen molar-refractivity contribution in [3.63, 3.8) is 0 Å². The number of alkyl halides is 14. The van der Waals surface area contributed by atoms with Gasteiger partial charge >= 0.3 is 28.1 Å². The molecular formula is C6Cl2F12S2. The number of rotatable bonds is 5. The number of hydrogen-bond acceptors (Lipinski definition) is 2. The Labute approximate surface area is 131 Å². The van der Waals surface area contributed by atoms with Crippen molar-refractivity contribution in [3.8, 4) is 0 Å². The summed E-state index contributed by atoms with van der Waals surface area (Å²) in [5.74, 6) is -13.5. The van der Waals surface area contributed by atoms with E-state index in [9.17, 15) is 52.7 Å². The molecule has 0 aromatic heterocycles. The Morgan fingerprint density at radius 3 is 1.09 bits per heavy atom. The highest BCUT2D eigenvalue weighted by molar-refractivity contribution is 8.04. The predicted octanol–water partition coefficient (Wildman–Crippen LogP) is 6.49. The van der Waals surface area contributed by atoms with Gasteiger partial charge in [0.05, 0.1) is 0 Å². The summed E-state index contributed by atoms with van der Waals surface area (Å²) in [6, 6.07) is 0. The Hall–Kier alpha value is 0.440. The van der Waals surface area contributed by atoms with E-state index in [2.05, 4.69) is 23.2 Å². The standard InChI is InChI=1S/C6Cl2F12S2/c7-3(8,21-5(15,16)17)1(9,10)2(11,12)4(13,14)22-6(18,19)20. The molecule has 0 atom stereocenters. The van der Waals surface area contributed by atoms with Gasteiger partial charge < -0.3 is 0 Å². The Morgan fingerprint density at radius 1 is 0.500 bits per heavy atom. The van der Waals surface area contributed by atoms with Gasteiger partial charge in [0.25, 0.3) is 0 Å². The van der Waals surface area contributed by atoms with Crippen LogP contribution in [-0.4, -0.2) is 31.8 Å². The minimum Gasteiger partial charge on any atom is -0.195 e. The Bertz CT molecular complexity index is 361. The molecule has 0 bridgehead atoms. The van der Waals surface area contributed by atoms with Crippen LogP contribution in [0.3, 0.4) is 0 Å². The lowest BCUT2D eigenvalue weighted by molar-refractivity contribution is -0.275. The summed E-state index contributed by atoms with van der Waals surface area (Å²) >= 11 is 3.62. The summed E-state index contributed by atoms with van der Waals surface area (Å²) in [4.78, 5) is 0. The van der Waals surface area contributed by atoms with Crippen molar-refractivity contribution in [1.82, 2.24) is 0 Å². The predicted molar refractivity (Wildman–Crippen MR) is 56.6 cm³/mol. The van der Waals surface area contributed by atoms with Crippen LogP contribution in [0.15, 0.2) is 0 Å². The zero-order valence-electron chi connectivity index (χ0n) is 9.11. The lowest BCUT2D eigenvalue weighted by Crippen LogP contribution is -2.60. The highest BCUT2D eigenvalue weighted by atomic mass is 35.5. The maximum Gasteiger partial charge on any atom is 0.447 e. The van der Waals surface area contributed by atoms with Gasteiger partial charge in [-0.1, -0.05) is 23.2 Å². The van der Waals surface area contributed by atoms with Gasteiger partial charge in [-0.25, -0.2) is 0 Å². The van der Waals surface area contributed by atoms with Gasteiger partial charge in [-0.3, -0.25) is 0 Å². The summed E-state index contributed by atoms with van der Waals surface area (Å²) in [6.45, 7) is 0. The quantitative estimate of drug-likeness (QED) is 0.358. The van der Waals surface area contributed by atoms with E-state index in [0.29, 0.717) is 0 Å². The van der Waals surface area contributed by atoms with Crippen LogP contribution in [0.2, 0.25) is 0 Å². The summed E-state index contributed by atoms with van der Waals surface area (Å²) in [7, 11) is 0. The van der Waals surface area contributed by atoms with Crippen molar-refractivity contribution >= 4 is 46.7 Å². The maximum absolute atomic E-state index is 13.2. The van der Waals surface area contributed by atoms with E-state index in [1.165, 1.54) is 0 Å². The summed E-state index contributed by atoms with van der Waals surface area (Å²) < 4.78 is 144. The van der Waals surface area contributed by atoms with Crippen LogP contribution in [0.25, 0.3) is 0 Å². The smallest absolute Gasteiger partial charge is 0.195 e. The van der Waals surface area contributed by atoms with Crippen LogP contribution < -0.4 is 0 Å². The molecule has 0 heterocycles. The second kappa shape index (κ2) is 6.06. The first-order chi connectivity index (χ1) is 9.16. The van der Waals surface area contributed by atoms with Crippen LogP contribution in [0.1, 0.15) is 0 Å². The molecule has 22 heavy (non-hydrogen) atoms. The molecule has 0 aromatic rings. The third-order valence-corrected chi connectivity index (χ3v) is 4.04. The minimum absolute atomic E-state index is 2.20. The fourth-order valence-electron chi connectivity index (χ4n) is 0.784. The molecule has 0 unspecified atom stereocenters. The Balaban J connectivity index is 5.74. The second-order valence-corrected chi connectivity index (χ2v) is 7.51. The van der Waals surface area contributed by atoms with Gasteiger partial charge in [-0.2, -0.15) is 52.7 Å². The average molecular weight is 435 g/mol. The van der Waals surface area contributed by atoms with E-state index in [0.717, 1.165) is 0 Å². The molecule has 0 aromatic carbocycles. The topological polar surface area (TPSA) is 0 Å². The lowest BCUT2D eigenvalue weighted by atomic mass is 10.2. The Morgan fingerprint density at radius 2 is 0.818 bits per heavy atom. The number of hydrogen-bond donors (Lipinski definition) is 0. The van der Waals surface area contributed by atoms with Crippen molar-refractivity contribution in [3.05, 3.63) is 0 Å². The van der Waals surface area contributed by atoms with Crippen molar-refractivity contribution in [2.24, 2.45) is 0 Å². The van der Waals surface area contributed by atoms with Crippen molar-refractivity contribution in [2.75, 3.05) is 0 Å². The normalized spacial score (nSPS) is 16.1. The molecule has 0 saturated heterocycles. The van der Waals surface area contributed by atoms with E-state index in [4.69, 9.17) is 0 Å². The lowest BCUT2D eigenvalue weighted by Gasteiger charge is -2.38. The molecule has 0 rings (SSSR count). The van der Waals surface area contributed by atoms with E-state index in [1.54, 1.807) is 0 Å². The van der Waals surface area contributed by atoms with Crippen LogP contribution >= 0.6 is 46.7 Å². The summed E-state index contributed by atoms with van der Waals surface area (Å²) in [5.41, 5.74) is -11.9. The molecule has 0 amide bonds. The van der Waals surface area contributed by atoms with Crippen LogP contribution in [0.5, 0.6) is 0 Å². The van der Waals surface area contributed by atoms with E-state index < -0.39 is 55.3 Å². The molecule has 0 aliphatic heterocycles. The van der Waals surface area contributed by atoms with Gasteiger partial charge in [-0.15, -0.1) is 0 Å². The highest BCUT2D eigenvalue weighted by Gasteiger charge is 2.81. The highest BCUT2D eigenvalue weighted by Crippen LogP contribution is 2.64. The van der Waals surface area contributed by atoms with Gasteiger partial charge in [0.1, 0.15) is 0 Å². The molecule has 16 heteroatoms. The first-order valence-corrected chi connectivity index (χ1v) is 6.60. The van der Waals surface area contributed by atoms with Gasteiger partial charge in [0.2, 0.25) is 3.67 Å². The second-order valence-electron chi connectivity index (χ2n) is 3.28. The third kappa shape index (κ3) is 4.97. The molecule has 0 radical (unpaired) electrons. The molecule has 134 valence electrons. The molecular weight excluding hydrogens is 435 g/mol. The molecule has 0 aliphatic rings. The van der Waals surface area contributed by atoms with E-state index in [-0.39, 0.29) is 0 Å². The molecule has 0 N–H and O–H groups in total. The molecule has 0 spiro atoms. The fourth-order valence-corrected chi connectivity index (χ4v) is 2.64. The number of halogens is 14. The zero-order valence-corrected chi connectivity index (χ0v) is 12.3. The van der Waals surface area contributed by atoms with Crippen molar-refractivity contribution < 1.29 is 52.7 Å². The first-order valence-electron chi connectivity index (χ1n) is 4.21. The van der Waals surface area contributed by atoms with Gasteiger partial charge in [-0.05, 0) is 11.8 Å². The summed E-state index contributed by atoms with van der Waals surface area (Å²) in [5, 5.41) is -6.55. The summed E-state index contributed by atoms with van der Waals surface area (Å²) in [6.07, 6.45) is 0. The maximum atomic E-state index is 13.2. The largest absolute Gasteiger partial charge is 0.447 e. The van der Waals surface area contributed by atoms with Crippen LogP contribution in [0.4, 0.5) is 52.7 Å². The van der Waals surface area contributed by atoms with Crippen LogP contribution in [-0.2, 0) is 0 Å². The molecule has 0 fully saturated rings. The van der Waals surface area contributed by atoms with Crippen molar-refractivity contribution in [1.29, 1.82) is 0 Å². The SMILES string of the molecule is FC(F)(F)SC(F)(F)C(F)(F)C(F)(F)C(Cl)(Cl)SC(F)(F)F. The fraction of sp³-hybridized carbons (Fsp3) is 1.00. The minimum atomic E-state index is -6.96. The van der Waals surface area contributed by atoms with Gasteiger partial charge in [0, 0.05) is 11.8 Å². The Kier molecular flexibility index (Phi) is 6.18. The van der Waals surface area contributed by atoms with E-state index >= 15 is 0 Å². The average Bonchev–Trinajstić information content (AvgIpc) is 2.08. The molecule has 0 nitrogen and oxygen atoms in total. The molecule has 0 saturated carbocycles. The third-order valence-electron chi connectivity index (χ3n) is 1.61. The monoisotopic (exact) mass is 434 g/mol. The van der Waals surface area contributed by atoms with Gasteiger partial charge in [0.15, 0.2) is 0 Å². The number of thioether (sulfide) groups is 2. The van der Waals surface area contributed by atoms with Crippen molar-refractivity contribution in [2.45, 2.75) is 31.8 Å². The first kappa shape index (κ1) is 22.4. The van der Waals surface area contributed by atoms with Crippen LogP contribution in [0, 0.1) is 0 Å². The molecule has 0 aliphatic carbocycles.